The van der Waals surface area contributed by atoms with Crippen molar-refractivity contribution in [2.45, 2.75) is 20.8 Å². The number of hydrogen-bond acceptors (Lipinski definition) is 3. The maximum Gasteiger partial charge on any atom is 0.271 e. The Balaban J connectivity index is 1.69. The average Bonchev–Trinajstić information content (AvgIpc) is 2.96. The molecular formula is C22H22N4O2. The van der Waals surface area contributed by atoms with Gasteiger partial charge in [-0.15, -0.1) is 0 Å². The number of nitrogens with zero attached hydrogens (tertiary/aromatic N) is 2. The van der Waals surface area contributed by atoms with Crippen molar-refractivity contribution in [2.24, 2.45) is 5.10 Å². The third kappa shape index (κ3) is 4.35. The van der Waals surface area contributed by atoms with Crippen LogP contribution in [0.5, 0.6) is 0 Å². The molecule has 0 radical (unpaired) electrons. The van der Waals surface area contributed by atoms with Gasteiger partial charge in [0.25, 0.3) is 5.91 Å². The molecule has 3 aromatic rings. The molecule has 0 aliphatic carbocycles. The van der Waals surface area contributed by atoms with Crippen molar-refractivity contribution in [3.63, 3.8) is 0 Å². The number of rotatable bonds is 5. The van der Waals surface area contributed by atoms with E-state index in [1.165, 1.54) is 6.92 Å². The molecule has 0 bridgehead atoms. The highest BCUT2D eigenvalue weighted by Crippen LogP contribution is 2.19. The van der Waals surface area contributed by atoms with Crippen LogP contribution in [0.4, 0.5) is 5.69 Å². The molecule has 0 aliphatic rings. The molecule has 0 atom stereocenters. The van der Waals surface area contributed by atoms with Crippen LogP contribution in [0.2, 0.25) is 0 Å². The normalized spacial score (nSPS) is 10.8. The van der Waals surface area contributed by atoms with E-state index >= 15 is 0 Å². The SMILES string of the molecule is CC(=O)Nc1ccc(C(=O)NN=Cc2cc(C)n(-c3ccccc3)c2C)cc1. The van der Waals surface area contributed by atoms with Crippen molar-refractivity contribution >= 4 is 23.7 Å². The van der Waals surface area contributed by atoms with E-state index < -0.39 is 0 Å². The van der Waals surface area contributed by atoms with Gasteiger partial charge in [-0.3, -0.25) is 9.59 Å². The van der Waals surface area contributed by atoms with Gasteiger partial charge >= 0.3 is 0 Å². The molecule has 1 aromatic heterocycles. The topological polar surface area (TPSA) is 75.5 Å². The summed E-state index contributed by atoms with van der Waals surface area (Å²) in [5.74, 6) is -0.475. The van der Waals surface area contributed by atoms with Crippen molar-refractivity contribution < 1.29 is 9.59 Å². The predicted molar refractivity (Wildman–Crippen MR) is 111 cm³/mol. The number of nitrogens with one attached hydrogen (secondary N) is 2. The van der Waals surface area contributed by atoms with Crippen molar-refractivity contribution in [2.75, 3.05) is 5.32 Å². The van der Waals surface area contributed by atoms with Crippen LogP contribution in [0.15, 0.2) is 65.8 Å². The molecule has 0 fully saturated rings. The van der Waals surface area contributed by atoms with E-state index in [4.69, 9.17) is 0 Å². The first kappa shape index (κ1) is 19.1. The van der Waals surface area contributed by atoms with Gasteiger partial charge in [-0.2, -0.15) is 5.10 Å². The average molecular weight is 374 g/mol. The Bertz CT molecular complexity index is 1020. The third-order valence-corrected chi connectivity index (χ3v) is 4.32. The Kier molecular flexibility index (Phi) is 5.69. The Hall–Kier alpha value is -3.67. The molecule has 2 amide bonds. The molecule has 6 heteroatoms. The number of anilines is 1. The second-order valence-corrected chi connectivity index (χ2v) is 6.46. The molecule has 0 saturated carbocycles. The zero-order chi connectivity index (χ0) is 20.1. The lowest BCUT2D eigenvalue weighted by atomic mass is 10.2. The van der Waals surface area contributed by atoms with E-state index in [2.05, 4.69) is 20.4 Å². The Morgan fingerprint density at radius 2 is 1.68 bits per heavy atom. The molecular weight excluding hydrogens is 352 g/mol. The number of aromatic nitrogens is 1. The standard InChI is InChI=1S/C22H22N4O2/c1-15-13-19(16(2)26(15)21-7-5-4-6-8-21)14-23-25-22(28)18-9-11-20(12-10-18)24-17(3)27/h4-14H,1-3H3,(H,24,27)(H,25,28). The van der Waals surface area contributed by atoms with Crippen LogP contribution < -0.4 is 10.7 Å². The van der Waals surface area contributed by atoms with E-state index in [9.17, 15) is 9.59 Å². The molecule has 142 valence electrons. The third-order valence-electron chi connectivity index (χ3n) is 4.32. The summed E-state index contributed by atoms with van der Waals surface area (Å²) >= 11 is 0. The lowest BCUT2D eigenvalue weighted by molar-refractivity contribution is -0.114. The zero-order valence-electron chi connectivity index (χ0n) is 16.1. The lowest BCUT2D eigenvalue weighted by Gasteiger charge is -2.09. The smallest absolute Gasteiger partial charge is 0.271 e. The minimum atomic E-state index is -0.317. The number of amides is 2. The number of para-hydroxylation sites is 1. The molecule has 0 unspecified atom stereocenters. The number of hydrazone groups is 1. The lowest BCUT2D eigenvalue weighted by Crippen LogP contribution is -2.17. The van der Waals surface area contributed by atoms with Crippen LogP contribution in [-0.4, -0.2) is 22.6 Å². The summed E-state index contributed by atoms with van der Waals surface area (Å²) in [6, 6.07) is 18.7. The van der Waals surface area contributed by atoms with E-state index in [1.54, 1.807) is 30.5 Å². The first-order valence-electron chi connectivity index (χ1n) is 8.91. The minimum Gasteiger partial charge on any atom is -0.326 e. The van der Waals surface area contributed by atoms with E-state index in [0.29, 0.717) is 11.3 Å². The van der Waals surface area contributed by atoms with Gasteiger partial charge in [0, 0.05) is 40.8 Å². The Morgan fingerprint density at radius 3 is 2.32 bits per heavy atom. The fourth-order valence-corrected chi connectivity index (χ4v) is 3.03. The number of benzene rings is 2. The maximum atomic E-state index is 12.2. The molecule has 0 aliphatic heterocycles. The summed E-state index contributed by atoms with van der Waals surface area (Å²) in [6.07, 6.45) is 1.64. The highest BCUT2D eigenvalue weighted by Gasteiger charge is 2.09. The van der Waals surface area contributed by atoms with Crippen molar-refractivity contribution in [1.29, 1.82) is 0 Å². The molecule has 1 heterocycles. The number of carbonyl (C=O) groups is 2. The first-order valence-corrected chi connectivity index (χ1v) is 8.91. The zero-order valence-corrected chi connectivity index (χ0v) is 16.1. The van der Waals surface area contributed by atoms with Gasteiger partial charge in [-0.05, 0) is 56.3 Å². The summed E-state index contributed by atoms with van der Waals surface area (Å²) in [6.45, 7) is 5.49. The van der Waals surface area contributed by atoms with Crippen LogP contribution >= 0.6 is 0 Å². The highest BCUT2D eigenvalue weighted by molar-refractivity contribution is 5.96. The van der Waals surface area contributed by atoms with Crippen LogP contribution in [0.3, 0.4) is 0 Å². The minimum absolute atomic E-state index is 0.157. The van der Waals surface area contributed by atoms with Gasteiger partial charge in [0.2, 0.25) is 5.91 Å². The molecule has 2 aromatic carbocycles. The molecule has 3 rings (SSSR count). The molecule has 0 saturated heterocycles. The summed E-state index contributed by atoms with van der Waals surface area (Å²) in [5, 5.41) is 6.75. The quantitative estimate of drug-likeness (QED) is 0.526. The summed E-state index contributed by atoms with van der Waals surface area (Å²) in [4.78, 5) is 23.3. The van der Waals surface area contributed by atoms with Crippen molar-refractivity contribution in [3.05, 3.63) is 83.2 Å². The van der Waals surface area contributed by atoms with Gasteiger partial charge in [0.05, 0.1) is 6.21 Å². The van der Waals surface area contributed by atoms with Crippen LogP contribution in [0.25, 0.3) is 5.69 Å². The van der Waals surface area contributed by atoms with Gasteiger partial charge < -0.3 is 9.88 Å². The second-order valence-electron chi connectivity index (χ2n) is 6.46. The number of carbonyl (C=O) groups excluding carboxylic acids is 2. The summed E-state index contributed by atoms with van der Waals surface area (Å²) in [5.41, 5.74) is 7.78. The molecule has 0 spiro atoms. The summed E-state index contributed by atoms with van der Waals surface area (Å²) in [7, 11) is 0. The predicted octanol–water partition coefficient (Wildman–Crippen LogP) is 3.82. The van der Waals surface area contributed by atoms with E-state index in [-0.39, 0.29) is 11.8 Å². The van der Waals surface area contributed by atoms with Gasteiger partial charge in [-0.25, -0.2) is 5.43 Å². The first-order chi connectivity index (χ1) is 13.5. The van der Waals surface area contributed by atoms with Gasteiger partial charge in [0.1, 0.15) is 0 Å². The van der Waals surface area contributed by atoms with Crippen molar-refractivity contribution in [3.8, 4) is 5.69 Å². The molecule has 2 N–H and O–H groups in total. The van der Waals surface area contributed by atoms with E-state index in [1.807, 2.05) is 50.2 Å². The van der Waals surface area contributed by atoms with Crippen LogP contribution in [0, 0.1) is 13.8 Å². The second kappa shape index (κ2) is 8.35. The molecule has 6 nitrogen and oxygen atoms in total. The number of hydrogen-bond donors (Lipinski definition) is 2. The van der Waals surface area contributed by atoms with Crippen LogP contribution in [-0.2, 0) is 4.79 Å². The molecule has 28 heavy (non-hydrogen) atoms. The Morgan fingerprint density at radius 1 is 1.00 bits per heavy atom. The largest absolute Gasteiger partial charge is 0.326 e. The highest BCUT2D eigenvalue weighted by atomic mass is 16.2. The van der Waals surface area contributed by atoms with Crippen LogP contribution in [0.1, 0.15) is 34.2 Å². The van der Waals surface area contributed by atoms with Gasteiger partial charge in [-0.1, -0.05) is 18.2 Å². The fraction of sp³-hybridized carbons (Fsp3) is 0.136. The number of aryl methyl sites for hydroxylation is 1. The van der Waals surface area contributed by atoms with Gasteiger partial charge in [0.15, 0.2) is 0 Å². The van der Waals surface area contributed by atoms with Crippen molar-refractivity contribution in [1.82, 2.24) is 9.99 Å². The summed E-state index contributed by atoms with van der Waals surface area (Å²) < 4.78 is 2.14. The fourth-order valence-electron chi connectivity index (χ4n) is 3.03. The van der Waals surface area contributed by atoms with E-state index in [0.717, 1.165) is 22.6 Å². The Labute approximate surface area is 163 Å². The monoisotopic (exact) mass is 374 g/mol. The maximum absolute atomic E-state index is 12.2.